The third kappa shape index (κ3) is 5.15. The summed E-state index contributed by atoms with van der Waals surface area (Å²) in [5, 5.41) is 17.4. The van der Waals surface area contributed by atoms with Gasteiger partial charge in [0.25, 0.3) is 0 Å². The molecule has 0 atom stereocenters. The Kier molecular flexibility index (Phi) is 7.06. The minimum absolute atomic E-state index is 0.0461. The number of benzene rings is 2. The third-order valence-electron chi connectivity index (χ3n) is 6.23. The van der Waals surface area contributed by atoms with Gasteiger partial charge < -0.3 is 20.6 Å². The number of hydrogen-bond acceptors (Lipinski definition) is 3. The number of amides is 3. The normalized spacial score (nSPS) is 15.4. The average Bonchev–Trinajstić information content (AvgIpc) is 2.74. The molecule has 0 aliphatic carbocycles. The van der Waals surface area contributed by atoms with Crippen LogP contribution in [0.3, 0.4) is 0 Å². The lowest BCUT2D eigenvalue weighted by atomic mass is 9.74. The molecular formula is C27H37N3O3. The molecule has 0 radical (unpaired) electrons. The number of nitrogens with one attached hydrogen (secondary N) is 2. The van der Waals surface area contributed by atoms with E-state index in [2.05, 4.69) is 24.5 Å². The third-order valence-corrected chi connectivity index (χ3v) is 6.23. The van der Waals surface area contributed by atoms with E-state index in [4.69, 9.17) is 0 Å². The van der Waals surface area contributed by atoms with Gasteiger partial charge in [-0.3, -0.25) is 4.79 Å². The second-order valence-electron chi connectivity index (χ2n) is 10.4. The van der Waals surface area contributed by atoms with E-state index in [9.17, 15) is 14.7 Å². The first-order chi connectivity index (χ1) is 15.5. The molecule has 0 aromatic heterocycles. The molecule has 6 heteroatoms. The number of hydrogen-bond donors (Lipinski definition) is 3. The van der Waals surface area contributed by atoms with Gasteiger partial charge >= 0.3 is 6.03 Å². The summed E-state index contributed by atoms with van der Waals surface area (Å²) in [6.07, 6.45) is 1.65. The Bertz CT molecular complexity index is 1020. The number of rotatable bonds is 4. The average molecular weight is 452 g/mol. The van der Waals surface area contributed by atoms with Gasteiger partial charge in [-0.1, -0.05) is 65.0 Å². The molecule has 33 heavy (non-hydrogen) atoms. The molecule has 0 unspecified atom stereocenters. The van der Waals surface area contributed by atoms with Crippen molar-refractivity contribution in [3.63, 3.8) is 0 Å². The Labute approximate surface area is 197 Å². The molecule has 0 fully saturated rings. The summed E-state index contributed by atoms with van der Waals surface area (Å²) in [4.78, 5) is 27.4. The fourth-order valence-corrected chi connectivity index (χ4v) is 4.60. The standard InChI is InChI=1S/C27H37N3O3/c1-7-28-25(33)29-17-19-16-20(18-12-9-8-10-13-18)21-23(31)22(19)30(24(32)26(2,3)4)15-11-14-27(21,5)6/h8-10,12-13,16,31H,7,11,14-15,17H2,1-6H3,(H2,28,29,33). The number of phenolic OH excluding ortho intramolecular Hbond substituents is 1. The van der Waals surface area contributed by atoms with Gasteiger partial charge in [0, 0.05) is 30.6 Å². The van der Waals surface area contributed by atoms with Crippen molar-refractivity contribution in [1.82, 2.24) is 10.6 Å². The number of phenols is 1. The van der Waals surface area contributed by atoms with E-state index in [-0.39, 0.29) is 29.6 Å². The quantitative estimate of drug-likeness (QED) is 0.588. The van der Waals surface area contributed by atoms with Gasteiger partial charge in [0.15, 0.2) is 0 Å². The molecule has 1 aliphatic heterocycles. The van der Waals surface area contributed by atoms with Crippen molar-refractivity contribution >= 4 is 17.6 Å². The maximum atomic E-state index is 13.5. The number of carbonyl (C=O) groups excluding carboxylic acids is 2. The molecule has 0 saturated heterocycles. The molecule has 2 bridgehead atoms. The highest BCUT2D eigenvalue weighted by Crippen LogP contribution is 2.50. The van der Waals surface area contributed by atoms with Crippen LogP contribution in [-0.4, -0.2) is 30.1 Å². The fraction of sp³-hybridized carbons (Fsp3) is 0.481. The zero-order valence-electron chi connectivity index (χ0n) is 20.7. The van der Waals surface area contributed by atoms with Crippen molar-refractivity contribution in [1.29, 1.82) is 0 Å². The molecule has 3 N–H and O–H groups in total. The smallest absolute Gasteiger partial charge is 0.315 e. The van der Waals surface area contributed by atoms with E-state index in [0.29, 0.717) is 18.8 Å². The summed E-state index contributed by atoms with van der Waals surface area (Å²) in [7, 11) is 0. The van der Waals surface area contributed by atoms with Gasteiger partial charge in [0.1, 0.15) is 5.75 Å². The van der Waals surface area contributed by atoms with Crippen molar-refractivity contribution in [2.75, 3.05) is 18.0 Å². The molecule has 178 valence electrons. The Morgan fingerprint density at radius 2 is 1.79 bits per heavy atom. The second kappa shape index (κ2) is 9.46. The van der Waals surface area contributed by atoms with Crippen LogP contribution in [0, 0.1) is 5.41 Å². The number of carbonyl (C=O) groups is 2. The fourth-order valence-electron chi connectivity index (χ4n) is 4.60. The van der Waals surface area contributed by atoms with Gasteiger partial charge in [-0.25, -0.2) is 4.79 Å². The number of nitrogens with zero attached hydrogens (tertiary/aromatic N) is 1. The lowest BCUT2D eigenvalue weighted by Crippen LogP contribution is -2.43. The van der Waals surface area contributed by atoms with Crippen LogP contribution in [0.2, 0.25) is 0 Å². The first kappa shape index (κ1) is 24.6. The van der Waals surface area contributed by atoms with E-state index in [1.807, 2.05) is 64.1 Å². The van der Waals surface area contributed by atoms with Crippen molar-refractivity contribution in [2.24, 2.45) is 5.41 Å². The molecule has 3 amide bonds. The van der Waals surface area contributed by atoms with Crippen molar-refractivity contribution in [3.05, 3.63) is 47.5 Å². The van der Waals surface area contributed by atoms with E-state index in [1.54, 1.807) is 4.90 Å². The Balaban J connectivity index is 2.28. The van der Waals surface area contributed by atoms with Gasteiger partial charge in [0.2, 0.25) is 5.91 Å². The predicted octanol–water partition coefficient (Wildman–Crippen LogP) is 5.33. The summed E-state index contributed by atoms with van der Waals surface area (Å²) in [5.74, 6) is 0.0847. The highest BCUT2D eigenvalue weighted by Gasteiger charge is 2.38. The Morgan fingerprint density at radius 3 is 2.39 bits per heavy atom. The molecule has 0 saturated carbocycles. The summed E-state index contributed by atoms with van der Waals surface area (Å²) < 4.78 is 0. The maximum Gasteiger partial charge on any atom is 0.315 e. The maximum absolute atomic E-state index is 13.5. The van der Waals surface area contributed by atoms with Crippen LogP contribution in [0.25, 0.3) is 11.1 Å². The summed E-state index contributed by atoms with van der Waals surface area (Å²) in [6.45, 7) is 13.0. The molecule has 0 spiro atoms. The van der Waals surface area contributed by atoms with E-state index in [1.165, 1.54) is 0 Å². The van der Waals surface area contributed by atoms with Crippen LogP contribution in [-0.2, 0) is 16.8 Å². The number of fused-ring (bicyclic) bond motifs is 2. The van der Waals surface area contributed by atoms with Crippen molar-refractivity contribution in [2.45, 2.75) is 66.3 Å². The second-order valence-corrected chi connectivity index (χ2v) is 10.4. The Morgan fingerprint density at radius 1 is 1.12 bits per heavy atom. The lowest BCUT2D eigenvalue weighted by molar-refractivity contribution is -0.125. The number of urea groups is 1. The van der Waals surface area contributed by atoms with Crippen LogP contribution < -0.4 is 15.5 Å². The summed E-state index contributed by atoms with van der Waals surface area (Å²) >= 11 is 0. The minimum atomic E-state index is -0.607. The summed E-state index contributed by atoms with van der Waals surface area (Å²) in [6, 6.07) is 11.7. The van der Waals surface area contributed by atoms with Crippen LogP contribution in [0.5, 0.6) is 5.75 Å². The van der Waals surface area contributed by atoms with Gasteiger partial charge in [-0.15, -0.1) is 0 Å². The van der Waals surface area contributed by atoms with E-state index in [0.717, 1.165) is 35.1 Å². The molecule has 2 aromatic carbocycles. The van der Waals surface area contributed by atoms with Gasteiger partial charge in [0.05, 0.1) is 5.69 Å². The van der Waals surface area contributed by atoms with Gasteiger partial charge in [-0.05, 0) is 47.9 Å². The first-order valence-electron chi connectivity index (χ1n) is 11.8. The Hall–Kier alpha value is -3.02. The highest BCUT2D eigenvalue weighted by atomic mass is 16.3. The SMILES string of the molecule is CCNC(=O)NCc1cc(-c2ccccc2)c2c(O)c1N(C(=O)C(C)(C)C)CCCC2(C)C. The number of anilines is 1. The zero-order valence-corrected chi connectivity index (χ0v) is 20.7. The summed E-state index contributed by atoms with van der Waals surface area (Å²) in [5.41, 5.74) is 3.11. The molecule has 1 heterocycles. The highest BCUT2D eigenvalue weighted by molar-refractivity contribution is 6.00. The van der Waals surface area contributed by atoms with Gasteiger partial charge in [-0.2, -0.15) is 0 Å². The monoisotopic (exact) mass is 451 g/mol. The number of aromatic hydroxyl groups is 1. The van der Waals surface area contributed by atoms with Crippen LogP contribution in [0.15, 0.2) is 36.4 Å². The molecule has 1 aliphatic rings. The van der Waals surface area contributed by atoms with E-state index < -0.39 is 5.41 Å². The molecular weight excluding hydrogens is 414 g/mol. The van der Waals surface area contributed by atoms with Crippen molar-refractivity contribution < 1.29 is 14.7 Å². The minimum Gasteiger partial charge on any atom is -0.505 e. The first-order valence-corrected chi connectivity index (χ1v) is 11.8. The molecule has 2 aromatic rings. The topological polar surface area (TPSA) is 81.7 Å². The predicted molar refractivity (Wildman–Crippen MR) is 134 cm³/mol. The van der Waals surface area contributed by atoms with Crippen LogP contribution in [0.1, 0.15) is 65.5 Å². The molecule has 3 rings (SSSR count). The molecule has 6 nitrogen and oxygen atoms in total. The zero-order chi connectivity index (χ0) is 24.4. The van der Waals surface area contributed by atoms with Crippen molar-refractivity contribution in [3.8, 4) is 16.9 Å². The van der Waals surface area contributed by atoms with Crippen LogP contribution >= 0.6 is 0 Å². The van der Waals surface area contributed by atoms with E-state index >= 15 is 0 Å². The lowest BCUT2D eigenvalue weighted by Gasteiger charge is -2.39. The van der Waals surface area contributed by atoms with Crippen LogP contribution in [0.4, 0.5) is 10.5 Å². The largest absolute Gasteiger partial charge is 0.505 e.